The first-order valence-electron chi connectivity index (χ1n) is 28.2. The fraction of sp³-hybridized carbons (Fsp3) is 0.542. The lowest BCUT2D eigenvalue weighted by atomic mass is 9.89. The number of hydrogen-bond donors (Lipinski definition) is 6. The SMILES string of the molecule is CC(C)CN(C[C@@H](O)[C@@H](N)Cc1ccccc1)S(=O)(=O)c1ccc2nc(NC(C)C)sc2c1.CCN[C@H]1CO[C@@H]2OCC[C@H](OC(=O)C[C@@H](Cc3ccccc3)[C@H](O)CN(CC(C)C)S(=O)(=O)c3ccc4nc(NC(C)C)sc4c3)[C@@H]21. The number of anilines is 2. The number of nitrogens with two attached hydrogens (primary N) is 1. The second kappa shape index (κ2) is 29.2. The third-order valence-corrected chi connectivity index (χ3v) is 19.5. The van der Waals surface area contributed by atoms with Crippen LogP contribution in [0.1, 0.15) is 86.3 Å². The molecule has 0 spiro atoms. The van der Waals surface area contributed by atoms with Crippen LogP contribution in [0.15, 0.2) is 107 Å². The van der Waals surface area contributed by atoms with Crippen LogP contribution in [0, 0.1) is 23.7 Å². The maximum absolute atomic E-state index is 14.1. The summed E-state index contributed by atoms with van der Waals surface area (Å²) in [5, 5.41) is 34.0. The van der Waals surface area contributed by atoms with Gasteiger partial charge in [-0.1, -0.05) is 118 Å². The molecule has 2 aliphatic heterocycles. The van der Waals surface area contributed by atoms with Crippen LogP contribution in [0.4, 0.5) is 10.3 Å². The molecule has 444 valence electrons. The van der Waals surface area contributed by atoms with Gasteiger partial charge in [-0.3, -0.25) is 4.79 Å². The highest BCUT2D eigenvalue weighted by atomic mass is 32.2. The van der Waals surface area contributed by atoms with Crippen molar-refractivity contribution in [3.8, 4) is 0 Å². The molecule has 18 nitrogen and oxygen atoms in total. The zero-order valence-electron chi connectivity index (χ0n) is 48.1. The number of nitrogens with zero attached hydrogens (tertiary/aromatic N) is 4. The van der Waals surface area contributed by atoms with Gasteiger partial charge in [0, 0.05) is 62.7 Å². The van der Waals surface area contributed by atoms with Crippen LogP contribution < -0.4 is 21.7 Å². The Morgan fingerprint density at radius 2 is 1.20 bits per heavy atom. The van der Waals surface area contributed by atoms with Crippen molar-refractivity contribution in [2.75, 3.05) is 56.6 Å². The molecule has 4 heterocycles. The number of benzene rings is 4. The molecule has 0 saturated carbocycles. The molecule has 0 amide bonds. The third kappa shape index (κ3) is 17.7. The average Bonchev–Trinajstić information content (AvgIpc) is 4.19. The monoisotopic (exact) mass is 1190 g/mol. The van der Waals surface area contributed by atoms with Crippen LogP contribution in [-0.2, 0) is 51.9 Å². The molecule has 81 heavy (non-hydrogen) atoms. The van der Waals surface area contributed by atoms with Crippen molar-refractivity contribution >= 4 is 79.4 Å². The fourth-order valence-corrected chi connectivity index (χ4v) is 15.7. The van der Waals surface area contributed by atoms with E-state index in [0.29, 0.717) is 39.0 Å². The predicted molar refractivity (Wildman–Crippen MR) is 323 cm³/mol. The number of rotatable bonds is 27. The van der Waals surface area contributed by atoms with E-state index in [4.69, 9.17) is 19.9 Å². The number of likely N-dealkylation sites (N-methyl/N-ethyl adjacent to an activating group) is 1. The number of thiazole rings is 2. The van der Waals surface area contributed by atoms with E-state index < -0.39 is 56.5 Å². The molecule has 7 N–H and O–H groups in total. The van der Waals surface area contributed by atoms with Gasteiger partial charge in [0.25, 0.3) is 0 Å². The van der Waals surface area contributed by atoms with Gasteiger partial charge in [0.2, 0.25) is 20.0 Å². The third-order valence-electron chi connectivity index (χ3n) is 13.9. The van der Waals surface area contributed by atoms with E-state index in [1.807, 2.05) is 123 Å². The van der Waals surface area contributed by atoms with E-state index in [9.17, 15) is 31.8 Å². The molecule has 2 fully saturated rings. The largest absolute Gasteiger partial charge is 0.462 e. The number of carbonyl (C=O) groups is 1. The van der Waals surface area contributed by atoms with Crippen LogP contribution in [-0.4, -0.2) is 146 Å². The van der Waals surface area contributed by atoms with Gasteiger partial charge in [0.15, 0.2) is 16.6 Å². The van der Waals surface area contributed by atoms with Crippen molar-refractivity contribution < 1.29 is 46.1 Å². The molecule has 2 aromatic heterocycles. The van der Waals surface area contributed by atoms with Crippen molar-refractivity contribution in [2.45, 2.75) is 147 Å². The maximum atomic E-state index is 14.1. The van der Waals surface area contributed by atoms with Gasteiger partial charge in [-0.15, -0.1) is 0 Å². The Morgan fingerprint density at radius 1 is 0.704 bits per heavy atom. The number of sulfonamides is 2. The van der Waals surface area contributed by atoms with Crippen molar-refractivity contribution in [2.24, 2.45) is 29.4 Å². The number of ether oxygens (including phenoxy) is 3. The molecule has 0 bridgehead atoms. The molecule has 8 rings (SSSR count). The highest BCUT2D eigenvalue weighted by molar-refractivity contribution is 7.89. The summed E-state index contributed by atoms with van der Waals surface area (Å²) in [7, 11) is -7.82. The van der Waals surface area contributed by atoms with Gasteiger partial charge in [0.05, 0.1) is 68.0 Å². The van der Waals surface area contributed by atoms with Crippen LogP contribution in [0.25, 0.3) is 20.4 Å². The first kappa shape index (κ1) is 63.9. The summed E-state index contributed by atoms with van der Waals surface area (Å²) in [6, 6.07) is 29.1. The molecule has 6 aromatic rings. The number of aliphatic hydroxyl groups is 2. The first-order valence-corrected chi connectivity index (χ1v) is 32.7. The molecular formula is C59H84N8O10S4. The van der Waals surface area contributed by atoms with E-state index in [1.54, 1.807) is 36.4 Å². The normalized spacial score (nSPS) is 19.3. The fourth-order valence-electron chi connectivity index (χ4n) is 10.1. The summed E-state index contributed by atoms with van der Waals surface area (Å²) in [4.78, 5) is 23.0. The van der Waals surface area contributed by atoms with Gasteiger partial charge < -0.3 is 46.1 Å². The summed E-state index contributed by atoms with van der Waals surface area (Å²) in [6.07, 6.45) is -1.59. The lowest BCUT2D eigenvalue weighted by Gasteiger charge is -2.35. The Morgan fingerprint density at radius 3 is 1.68 bits per heavy atom. The van der Waals surface area contributed by atoms with Crippen LogP contribution in [0.3, 0.4) is 0 Å². The van der Waals surface area contributed by atoms with Gasteiger partial charge in [-0.05, 0) is 106 Å². The molecule has 22 heteroatoms. The maximum Gasteiger partial charge on any atom is 0.306 e. The molecule has 8 atom stereocenters. The smallest absolute Gasteiger partial charge is 0.306 e. The van der Waals surface area contributed by atoms with Gasteiger partial charge in [0.1, 0.15) is 6.10 Å². The Kier molecular flexibility index (Phi) is 23.0. The minimum absolute atomic E-state index is 0.00161. The number of carbonyl (C=O) groups excluding carboxylic acids is 1. The molecule has 2 saturated heterocycles. The van der Waals surface area contributed by atoms with Crippen LogP contribution in [0.5, 0.6) is 0 Å². The van der Waals surface area contributed by atoms with E-state index >= 15 is 0 Å². The van der Waals surface area contributed by atoms with Crippen molar-refractivity contribution in [3.05, 3.63) is 108 Å². The number of aromatic nitrogens is 2. The molecular weight excluding hydrogens is 1110 g/mol. The summed E-state index contributed by atoms with van der Waals surface area (Å²) in [5.74, 6) is -1.05. The predicted octanol–water partition coefficient (Wildman–Crippen LogP) is 8.35. The zero-order valence-corrected chi connectivity index (χ0v) is 51.4. The molecule has 0 radical (unpaired) electrons. The second-order valence-electron chi connectivity index (χ2n) is 22.6. The number of hydrogen-bond acceptors (Lipinski definition) is 18. The standard InChI is InChI=1S/C35H50N4O7S2.C24H34N4O3S2/c1-6-36-28-21-45-34-33(28)30(14-15-44-34)46-32(41)17-25(16-24-10-8-7-9-11-24)29(40)20-39(19-22(2)3)48(42,43)26-12-13-27-31(18-26)47-35(38-27)37-23(4)5;1-16(2)14-28(15-22(29)20(25)12-18-8-6-5-7-9-18)33(30,31)19-10-11-21-23(13-19)32-24(27-21)26-17(3)4/h7-13,18,22-23,25,28-30,33-34,36,40H,6,14-17,19-21H2,1-5H3,(H,37,38);5-11,13,16-17,20,22,29H,12,14-15,25H2,1-4H3,(H,26,27)/t25-,28+,29-,30+,33+,34+;20-,22+/m10/s1. The quantitative estimate of drug-likeness (QED) is 0.0265. The second-order valence-corrected chi connectivity index (χ2v) is 28.5. The summed E-state index contributed by atoms with van der Waals surface area (Å²) >= 11 is 2.83. The van der Waals surface area contributed by atoms with Crippen LogP contribution in [0.2, 0.25) is 0 Å². The lowest BCUT2D eigenvalue weighted by Crippen LogP contribution is -2.49. The highest BCUT2D eigenvalue weighted by Crippen LogP contribution is 2.35. The van der Waals surface area contributed by atoms with Crippen molar-refractivity contribution in [1.82, 2.24) is 23.9 Å². The average molecular weight is 1190 g/mol. The Hall–Kier alpha value is -4.69. The highest BCUT2D eigenvalue weighted by Gasteiger charge is 2.47. The topological polar surface area (TPSA) is 248 Å². The van der Waals surface area contributed by atoms with Gasteiger partial charge >= 0.3 is 5.97 Å². The summed E-state index contributed by atoms with van der Waals surface area (Å²) in [5.41, 5.74) is 9.66. The number of aliphatic hydroxyl groups excluding tert-OH is 2. The molecule has 0 aliphatic carbocycles. The van der Waals surface area contributed by atoms with E-state index in [2.05, 4.69) is 25.9 Å². The van der Waals surface area contributed by atoms with E-state index in [1.165, 1.54) is 31.3 Å². The molecule has 4 aromatic carbocycles. The number of nitrogens with one attached hydrogen (secondary N) is 3. The Labute approximate surface area is 487 Å². The van der Waals surface area contributed by atoms with E-state index in [-0.39, 0.29) is 77.8 Å². The van der Waals surface area contributed by atoms with E-state index in [0.717, 1.165) is 48.4 Å². The Balaban J connectivity index is 0.000000251. The van der Waals surface area contributed by atoms with Crippen LogP contribution >= 0.6 is 22.7 Å². The van der Waals surface area contributed by atoms with Gasteiger partial charge in [-0.2, -0.15) is 8.61 Å². The zero-order chi connectivity index (χ0) is 58.6. The van der Waals surface area contributed by atoms with Crippen molar-refractivity contribution in [3.63, 3.8) is 0 Å². The number of fused-ring (bicyclic) bond motifs is 3. The Bertz CT molecular complexity index is 3160. The lowest BCUT2D eigenvalue weighted by molar-refractivity contribution is -0.196. The molecule has 2 aliphatic rings. The minimum Gasteiger partial charge on any atom is -0.462 e. The molecule has 0 unspecified atom stereocenters. The minimum atomic E-state index is -3.99. The van der Waals surface area contributed by atoms with Crippen molar-refractivity contribution in [1.29, 1.82) is 0 Å². The number of esters is 1. The first-order chi connectivity index (χ1) is 38.5. The van der Waals surface area contributed by atoms with Gasteiger partial charge in [-0.25, -0.2) is 26.8 Å². The summed E-state index contributed by atoms with van der Waals surface area (Å²) < 4.78 is 77.4. The summed E-state index contributed by atoms with van der Waals surface area (Å²) in [6.45, 7) is 19.9.